The molecule has 2 rings (SSSR count). The van der Waals surface area contributed by atoms with E-state index in [9.17, 15) is 9.18 Å². The van der Waals surface area contributed by atoms with Gasteiger partial charge in [-0.25, -0.2) is 4.39 Å². The minimum Gasteiger partial charge on any atom is -0.481 e. The highest BCUT2D eigenvalue weighted by molar-refractivity contribution is 5.71. The van der Waals surface area contributed by atoms with Crippen molar-refractivity contribution in [2.24, 2.45) is 5.92 Å². The lowest BCUT2D eigenvalue weighted by molar-refractivity contribution is -0.142. The zero-order chi connectivity index (χ0) is 13.3. The molecule has 0 amide bonds. The van der Waals surface area contributed by atoms with Crippen molar-refractivity contribution in [2.45, 2.75) is 32.9 Å². The van der Waals surface area contributed by atoms with Gasteiger partial charge in [-0.2, -0.15) is 0 Å². The van der Waals surface area contributed by atoms with E-state index in [1.54, 1.807) is 13.0 Å². The molecule has 2 unspecified atom stereocenters. The largest absolute Gasteiger partial charge is 0.481 e. The fourth-order valence-corrected chi connectivity index (χ4v) is 2.53. The highest BCUT2D eigenvalue weighted by Crippen LogP contribution is 2.26. The second-order valence-electron chi connectivity index (χ2n) is 5.03. The van der Waals surface area contributed by atoms with E-state index in [-0.39, 0.29) is 17.8 Å². The summed E-state index contributed by atoms with van der Waals surface area (Å²) >= 11 is 0. The van der Waals surface area contributed by atoms with Gasteiger partial charge in [0.2, 0.25) is 0 Å². The lowest BCUT2D eigenvalue weighted by atomic mass is 10.0. The van der Waals surface area contributed by atoms with E-state index < -0.39 is 5.97 Å². The first-order valence-corrected chi connectivity index (χ1v) is 6.21. The van der Waals surface area contributed by atoms with Gasteiger partial charge in [0.1, 0.15) is 5.82 Å². The van der Waals surface area contributed by atoms with Crippen molar-refractivity contribution in [2.75, 3.05) is 6.54 Å². The van der Waals surface area contributed by atoms with E-state index >= 15 is 0 Å². The number of nitrogens with zero attached hydrogens (tertiary/aromatic N) is 1. The molecule has 0 bridgehead atoms. The first-order valence-electron chi connectivity index (χ1n) is 6.21. The summed E-state index contributed by atoms with van der Waals surface area (Å²) in [5.41, 5.74) is 1.53. The maximum atomic E-state index is 13.4. The summed E-state index contributed by atoms with van der Waals surface area (Å²) in [7, 11) is 0. The Kier molecular flexibility index (Phi) is 3.66. The van der Waals surface area contributed by atoms with Crippen molar-refractivity contribution in [3.05, 3.63) is 35.1 Å². The van der Waals surface area contributed by atoms with E-state index in [0.717, 1.165) is 12.1 Å². The molecule has 1 heterocycles. The van der Waals surface area contributed by atoms with Crippen molar-refractivity contribution in [1.82, 2.24) is 4.90 Å². The zero-order valence-electron chi connectivity index (χ0n) is 10.7. The number of carbonyl (C=O) groups is 1. The van der Waals surface area contributed by atoms with Gasteiger partial charge in [-0.05, 0) is 44.0 Å². The highest BCUT2D eigenvalue weighted by atomic mass is 19.1. The number of benzene rings is 1. The number of hydrogen-bond acceptors (Lipinski definition) is 2. The van der Waals surface area contributed by atoms with Crippen LogP contribution in [0.1, 0.15) is 24.5 Å². The number of aryl methyl sites for hydroxylation is 1. The molecule has 4 heteroatoms. The molecule has 1 N–H and O–H groups in total. The van der Waals surface area contributed by atoms with Gasteiger partial charge < -0.3 is 5.11 Å². The standard InChI is InChI=1S/C14H18FNO2/c1-9-3-4-11(7-13(9)15)8-16-6-5-12(10(16)2)14(17)18/h3-4,7,10,12H,5-6,8H2,1-2H3,(H,17,18). The summed E-state index contributed by atoms with van der Waals surface area (Å²) in [6.07, 6.45) is 0.671. The normalized spacial score (nSPS) is 24.4. The summed E-state index contributed by atoms with van der Waals surface area (Å²) in [6, 6.07) is 5.21. The van der Waals surface area contributed by atoms with Crippen LogP contribution < -0.4 is 0 Å². The second kappa shape index (κ2) is 5.06. The molecular weight excluding hydrogens is 233 g/mol. The van der Waals surface area contributed by atoms with E-state index in [1.807, 2.05) is 13.0 Å². The number of carboxylic acids is 1. The highest BCUT2D eigenvalue weighted by Gasteiger charge is 2.35. The van der Waals surface area contributed by atoms with Crippen molar-refractivity contribution in [3.8, 4) is 0 Å². The third kappa shape index (κ3) is 2.53. The molecule has 3 nitrogen and oxygen atoms in total. The van der Waals surface area contributed by atoms with Crippen LogP contribution in [0, 0.1) is 18.7 Å². The van der Waals surface area contributed by atoms with Crippen LogP contribution in [0.2, 0.25) is 0 Å². The topological polar surface area (TPSA) is 40.5 Å². The van der Waals surface area contributed by atoms with Crippen molar-refractivity contribution >= 4 is 5.97 Å². The van der Waals surface area contributed by atoms with E-state index in [2.05, 4.69) is 4.90 Å². The predicted octanol–water partition coefficient (Wildman–Crippen LogP) is 2.43. The molecule has 1 aromatic rings. The van der Waals surface area contributed by atoms with Gasteiger partial charge in [0.15, 0.2) is 0 Å². The summed E-state index contributed by atoms with van der Waals surface area (Å²) in [5.74, 6) is -1.24. The Morgan fingerprint density at radius 1 is 1.56 bits per heavy atom. The van der Waals surface area contributed by atoms with Gasteiger partial charge in [0.05, 0.1) is 5.92 Å². The van der Waals surface area contributed by atoms with Crippen LogP contribution >= 0.6 is 0 Å². The molecule has 0 aliphatic carbocycles. The molecule has 0 saturated carbocycles. The second-order valence-corrected chi connectivity index (χ2v) is 5.03. The molecule has 0 aromatic heterocycles. The van der Waals surface area contributed by atoms with Crippen molar-refractivity contribution in [3.63, 3.8) is 0 Å². The van der Waals surface area contributed by atoms with Crippen LogP contribution in [0.25, 0.3) is 0 Å². The summed E-state index contributed by atoms with van der Waals surface area (Å²) in [6.45, 7) is 5.03. The van der Waals surface area contributed by atoms with Crippen LogP contribution in [-0.4, -0.2) is 28.6 Å². The minimum absolute atomic E-state index is 0.00636. The maximum absolute atomic E-state index is 13.4. The van der Waals surface area contributed by atoms with Crippen LogP contribution in [-0.2, 0) is 11.3 Å². The minimum atomic E-state index is -0.736. The Morgan fingerprint density at radius 2 is 2.28 bits per heavy atom. The Morgan fingerprint density at radius 3 is 2.83 bits per heavy atom. The smallest absolute Gasteiger partial charge is 0.308 e. The lowest BCUT2D eigenvalue weighted by Gasteiger charge is -2.23. The van der Waals surface area contributed by atoms with E-state index in [1.165, 1.54) is 6.07 Å². The first-order chi connectivity index (χ1) is 8.49. The van der Waals surface area contributed by atoms with Crippen LogP contribution in [0.5, 0.6) is 0 Å². The number of carboxylic acid groups (broad SMARTS) is 1. The quantitative estimate of drug-likeness (QED) is 0.897. The van der Waals surface area contributed by atoms with Gasteiger partial charge in [-0.15, -0.1) is 0 Å². The van der Waals surface area contributed by atoms with Crippen LogP contribution in [0.15, 0.2) is 18.2 Å². The monoisotopic (exact) mass is 251 g/mol. The summed E-state index contributed by atoms with van der Waals surface area (Å²) in [5, 5.41) is 9.06. The molecular formula is C14H18FNO2. The number of hydrogen-bond donors (Lipinski definition) is 1. The van der Waals surface area contributed by atoms with Gasteiger partial charge in [-0.1, -0.05) is 12.1 Å². The predicted molar refractivity (Wildman–Crippen MR) is 66.8 cm³/mol. The molecule has 1 aliphatic rings. The molecule has 0 radical (unpaired) electrons. The fourth-order valence-electron chi connectivity index (χ4n) is 2.53. The fraction of sp³-hybridized carbons (Fsp3) is 0.500. The Balaban J connectivity index is 2.06. The van der Waals surface area contributed by atoms with Crippen LogP contribution in [0.4, 0.5) is 4.39 Å². The molecule has 18 heavy (non-hydrogen) atoms. The molecule has 0 spiro atoms. The summed E-state index contributed by atoms with van der Waals surface area (Å²) < 4.78 is 13.4. The van der Waals surface area contributed by atoms with E-state index in [0.29, 0.717) is 18.5 Å². The average molecular weight is 251 g/mol. The van der Waals surface area contributed by atoms with Crippen molar-refractivity contribution < 1.29 is 14.3 Å². The third-order valence-electron chi connectivity index (χ3n) is 3.82. The Hall–Kier alpha value is -1.42. The molecule has 1 aromatic carbocycles. The number of likely N-dealkylation sites (tertiary alicyclic amines) is 1. The zero-order valence-corrected chi connectivity index (χ0v) is 10.7. The first kappa shape index (κ1) is 13.0. The van der Waals surface area contributed by atoms with Gasteiger partial charge >= 0.3 is 5.97 Å². The third-order valence-corrected chi connectivity index (χ3v) is 3.82. The SMILES string of the molecule is Cc1ccc(CN2CCC(C(=O)O)C2C)cc1F. The summed E-state index contributed by atoms with van der Waals surface area (Å²) in [4.78, 5) is 13.1. The molecule has 98 valence electrons. The average Bonchev–Trinajstić information content (AvgIpc) is 2.66. The molecule has 1 saturated heterocycles. The van der Waals surface area contributed by atoms with E-state index in [4.69, 9.17) is 5.11 Å². The molecule has 1 fully saturated rings. The Bertz CT molecular complexity index is 461. The maximum Gasteiger partial charge on any atom is 0.308 e. The lowest BCUT2D eigenvalue weighted by Crippen LogP contribution is -2.32. The van der Waals surface area contributed by atoms with Crippen LogP contribution in [0.3, 0.4) is 0 Å². The molecule has 1 aliphatic heterocycles. The number of halogens is 1. The Labute approximate surface area is 106 Å². The molecule has 2 atom stereocenters. The van der Waals surface area contributed by atoms with Crippen molar-refractivity contribution in [1.29, 1.82) is 0 Å². The van der Waals surface area contributed by atoms with Gasteiger partial charge in [0, 0.05) is 12.6 Å². The number of aliphatic carboxylic acids is 1. The van der Waals surface area contributed by atoms with Gasteiger partial charge in [0.25, 0.3) is 0 Å². The number of rotatable bonds is 3. The van der Waals surface area contributed by atoms with Gasteiger partial charge in [-0.3, -0.25) is 9.69 Å².